The van der Waals surface area contributed by atoms with E-state index < -0.39 is 6.17 Å². The first-order valence-electron chi connectivity index (χ1n) is 7.25. The Morgan fingerprint density at radius 2 is 2.30 bits per heavy atom. The molecule has 0 aliphatic carbocycles. The lowest BCUT2D eigenvalue weighted by Gasteiger charge is -2.42. The molecular weight excluding hydrogens is 279 g/mol. The molecule has 0 saturated carbocycles. The number of anilines is 1. The zero-order valence-electron chi connectivity index (χ0n) is 11.9. The van der Waals surface area contributed by atoms with Crippen LogP contribution in [0.15, 0.2) is 12.3 Å². The highest BCUT2D eigenvalue weighted by molar-refractivity contribution is 6.30. The molecule has 0 bridgehead atoms. The Morgan fingerprint density at radius 1 is 1.50 bits per heavy atom. The van der Waals surface area contributed by atoms with Crippen LogP contribution in [-0.4, -0.2) is 30.3 Å². The summed E-state index contributed by atoms with van der Waals surface area (Å²) in [6.07, 6.45) is 2.57. The molecule has 20 heavy (non-hydrogen) atoms. The predicted octanol–water partition coefficient (Wildman–Crippen LogP) is 3.71. The molecule has 2 aliphatic rings. The summed E-state index contributed by atoms with van der Waals surface area (Å²) in [6.45, 7) is 5.24. The number of ether oxygens (including phenoxy) is 1. The molecule has 3 atom stereocenters. The third-order valence-corrected chi connectivity index (χ3v) is 4.66. The van der Waals surface area contributed by atoms with Crippen molar-refractivity contribution < 1.29 is 9.13 Å². The fraction of sp³-hybridized carbons (Fsp3) is 0.667. The Hall–Kier alpha value is -1.03. The van der Waals surface area contributed by atoms with E-state index in [1.807, 2.05) is 0 Å². The van der Waals surface area contributed by atoms with Gasteiger partial charge in [0.1, 0.15) is 6.17 Å². The van der Waals surface area contributed by atoms with E-state index in [1.165, 1.54) is 0 Å². The quantitative estimate of drug-likeness (QED) is 0.790. The monoisotopic (exact) mass is 298 g/mol. The summed E-state index contributed by atoms with van der Waals surface area (Å²) in [7, 11) is 0. The van der Waals surface area contributed by atoms with Gasteiger partial charge in [-0.2, -0.15) is 0 Å². The normalized spacial score (nSPS) is 29.4. The first kappa shape index (κ1) is 13.9. The van der Waals surface area contributed by atoms with Gasteiger partial charge >= 0.3 is 0 Å². The van der Waals surface area contributed by atoms with Crippen molar-refractivity contribution in [3.05, 3.63) is 17.3 Å². The van der Waals surface area contributed by atoms with Gasteiger partial charge in [-0.25, -0.2) is 9.37 Å². The minimum atomic E-state index is -0.810. The average molecular weight is 299 g/mol. The van der Waals surface area contributed by atoms with Gasteiger partial charge in [0.15, 0.2) is 11.6 Å². The number of rotatable bonds is 1. The van der Waals surface area contributed by atoms with Gasteiger partial charge in [-0.15, -0.1) is 0 Å². The van der Waals surface area contributed by atoms with Crippen LogP contribution in [0.3, 0.4) is 0 Å². The van der Waals surface area contributed by atoms with Crippen molar-refractivity contribution in [1.82, 2.24) is 4.98 Å². The molecule has 0 aromatic carbocycles. The van der Waals surface area contributed by atoms with Gasteiger partial charge in [-0.3, -0.25) is 0 Å². The molecule has 3 rings (SSSR count). The number of piperidine rings is 1. The molecule has 1 aromatic heterocycles. The molecule has 0 N–H and O–H groups in total. The number of pyridine rings is 1. The number of hydrogen-bond acceptors (Lipinski definition) is 3. The zero-order valence-corrected chi connectivity index (χ0v) is 12.6. The largest absolute Gasteiger partial charge is 0.490 e. The summed E-state index contributed by atoms with van der Waals surface area (Å²) >= 11 is 5.96. The topological polar surface area (TPSA) is 25.4 Å². The second-order valence-electron chi connectivity index (χ2n) is 6.08. The van der Waals surface area contributed by atoms with Crippen LogP contribution in [0.4, 0.5) is 10.2 Å². The first-order chi connectivity index (χ1) is 9.56. The van der Waals surface area contributed by atoms with Crippen molar-refractivity contribution in [2.24, 2.45) is 11.8 Å². The fourth-order valence-corrected chi connectivity index (χ4v) is 3.47. The SMILES string of the molecule is CC(C)C1CC2CCOc3cc(Cl)cnc3N2CC1F. The van der Waals surface area contributed by atoms with Crippen LogP contribution in [0.2, 0.25) is 5.02 Å². The lowest BCUT2D eigenvalue weighted by molar-refractivity contribution is 0.129. The Bertz CT molecular complexity index is 497. The first-order valence-corrected chi connectivity index (χ1v) is 7.63. The second kappa shape index (κ2) is 5.40. The van der Waals surface area contributed by atoms with E-state index in [2.05, 4.69) is 23.7 Å². The van der Waals surface area contributed by atoms with Gasteiger partial charge in [0, 0.05) is 24.7 Å². The van der Waals surface area contributed by atoms with Crippen LogP contribution in [0, 0.1) is 11.8 Å². The van der Waals surface area contributed by atoms with Gasteiger partial charge in [-0.1, -0.05) is 25.4 Å². The molecule has 110 valence electrons. The highest BCUT2D eigenvalue weighted by atomic mass is 35.5. The third kappa shape index (κ3) is 2.46. The molecule has 3 heterocycles. The van der Waals surface area contributed by atoms with Crippen molar-refractivity contribution in [3.63, 3.8) is 0 Å². The molecule has 2 aliphatic heterocycles. The van der Waals surface area contributed by atoms with E-state index in [9.17, 15) is 4.39 Å². The lowest BCUT2D eigenvalue weighted by atomic mass is 9.81. The molecule has 0 amide bonds. The molecule has 1 fully saturated rings. The lowest BCUT2D eigenvalue weighted by Crippen LogP contribution is -2.50. The van der Waals surface area contributed by atoms with Gasteiger partial charge in [-0.05, 0) is 18.3 Å². The van der Waals surface area contributed by atoms with Crippen molar-refractivity contribution in [2.45, 2.75) is 38.9 Å². The number of aromatic nitrogens is 1. The minimum Gasteiger partial charge on any atom is -0.490 e. The number of hydrogen-bond donors (Lipinski definition) is 0. The number of fused-ring (bicyclic) bond motifs is 3. The molecule has 3 nitrogen and oxygen atoms in total. The molecular formula is C15H20ClFN2O. The van der Waals surface area contributed by atoms with Crippen LogP contribution in [0.25, 0.3) is 0 Å². The number of nitrogens with zero attached hydrogens (tertiary/aromatic N) is 2. The summed E-state index contributed by atoms with van der Waals surface area (Å²) in [5.41, 5.74) is 0. The minimum absolute atomic E-state index is 0.130. The third-order valence-electron chi connectivity index (χ3n) is 4.46. The highest BCUT2D eigenvalue weighted by Crippen LogP contribution is 2.40. The zero-order chi connectivity index (χ0) is 14.3. The van der Waals surface area contributed by atoms with E-state index >= 15 is 0 Å². The summed E-state index contributed by atoms with van der Waals surface area (Å²) in [5, 5.41) is 0.552. The summed E-state index contributed by atoms with van der Waals surface area (Å²) < 4.78 is 20.2. The van der Waals surface area contributed by atoms with Crippen LogP contribution in [0.5, 0.6) is 5.75 Å². The van der Waals surface area contributed by atoms with Crippen molar-refractivity contribution in [1.29, 1.82) is 0 Å². The maximum Gasteiger partial charge on any atom is 0.171 e. The summed E-state index contributed by atoms with van der Waals surface area (Å²) in [5.74, 6) is 1.91. The second-order valence-corrected chi connectivity index (χ2v) is 6.51. The summed E-state index contributed by atoms with van der Waals surface area (Å²) in [4.78, 5) is 6.44. The standard InChI is InChI=1S/C15H20ClFN2O/c1-9(2)12-6-11-3-4-20-14-5-10(16)7-18-15(14)19(11)8-13(12)17/h5,7,9,11-13H,3-4,6,8H2,1-2H3. The Kier molecular flexibility index (Phi) is 3.76. The summed E-state index contributed by atoms with van der Waals surface area (Å²) in [6, 6.07) is 2.08. The van der Waals surface area contributed by atoms with Crippen LogP contribution < -0.4 is 9.64 Å². The smallest absolute Gasteiger partial charge is 0.171 e. The van der Waals surface area contributed by atoms with Crippen LogP contribution >= 0.6 is 11.6 Å². The van der Waals surface area contributed by atoms with Gasteiger partial charge < -0.3 is 9.64 Å². The molecule has 0 radical (unpaired) electrons. The molecule has 0 spiro atoms. The fourth-order valence-electron chi connectivity index (χ4n) is 3.32. The number of alkyl halides is 1. The van der Waals surface area contributed by atoms with Crippen molar-refractivity contribution in [2.75, 3.05) is 18.1 Å². The van der Waals surface area contributed by atoms with Crippen LogP contribution in [-0.2, 0) is 0 Å². The average Bonchev–Trinajstić information content (AvgIpc) is 2.56. The van der Waals surface area contributed by atoms with E-state index in [0.29, 0.717) is 35.9 Å². The molecule has 3 unspecified atom stereocenters. The Labute approximate surface area is 124 Å². The molecule has 1 aromatic rings. The van der Waals surface area contributed by atoms with Gasteiger partial charge in [0.25, 0.3) is 0 Å². The van der Waals surface area contributed by atoms with E-state index in [4.69, 9.17) is 16.3 Å². The van der Waals surface area contributed by atoms with E-state index in [-0.39, 0.29) is 5.92 Å². The van der Waals surface area contributed by atoms with Gasteiger partial charge in [0.2, 0.25) is 0 Å². The molecule has 1 saturated heterocycles. The van der Waals surface area contributed by atoms with Crippen molar-refractivity contribution in [3.8, 4) is 5.75 Å². The van der Waals surface area contributed by atoms with Crippen LogP contribution in [0.1, 0.15) is 26.7 Å². The molecule has 5 heteroatoms. The van der Waals surface area contributed by atoms with E-state index in [1.54, 1.807) is 12.3 Å². The Morgan fingerprint density at radius 3 is 3.05 bits per heavy atom. The Balaban J connectivity index is 1.92. The predicted molar refractivity (Wildman–Crippen MR) is 78.3 cm³/mol. The number of halogens is 2. The van der Waals surface area contributed by atoms with E-state index in [0.717, 1.165) is 18.7 Å². The van der Waals surface area contributed by atoms with Crippen molar-refractivity contribution >= 4 is 17.4 Å². The maximum absolute atomic E-state index is 14.4. The van der Waals surface area contributed by atoms with Gasteiger partial charge in [0.05, 0.1) is 18.2 Å². The highest BCUT2D eigenvalue weighted by Gasteiger charge is 2.39. The maximum atomic E-state index is 14.4.